The summed E-state index contributed by atoms with van der Waals surface area (Å²) in [5.74, 6) is 0.244. The summed E-state index contributed by atoms with van der Waals surface area (Å²) in [5, 5.41) is 2.94. The van der Waals surface area contributed by atoms with Crippen LogP contribution < -0.4 is 10.0 Å². The van der Waals surface area contributed by atoms with Gasteiger partial charge in [0.05, 0.1) is 4.90 Å². The summed E-state index contributed by atoms with van der Waals surface area (Å²) in [5.41, 5.74) is 1.17. The van der Waals surface area contributed by atoms with Crippen LogP contribution in [0.1, 0.15) is 55.5 Å². The van der Waals surface area contributed by atoms with Crippen LogP contribution in [0.4, 0.5) is 0 Å². The molecule has 0 spiro atoms. The molecule has 0 heterocycles. The molecule has 5 nitrogen and oxygen atoms in total. The molecular weight excluding hydrogens is 312 g/mol. The van der Waals surface area contributed by atoms with Crippen molar-refractivity contribution in [3.05, 3.63) is 29.3 Å². The Morgan fingerprint density at radius 3 is 2.52 bits per heavy atom. The third-order valence-corrected chi connectivity index (χ3v) is 5.54. The first-order valence-electron chi connectivity index (χ1n) is 8.18. The maximum atomic E-state index is 12.4. The molecule has 0 radical (unpaired) electrons. The Morgan fingerprint density at radius 2 is 1.96 bits per heavy atom. The number of hydrogen-bond donors (Lipinski definition) is 2. The second kappa shape index (κ2) is 9.03. The van der Waals surface area contributed by atoms with E-state index in [1.807, 2.05) is 0 Å². The van der Waals surface area contributed by atoms with Crippen LogP contribution in [0.25, 0.3) is 0 Å². The lowest BCUT2D eigenvalue weighted by Crippen LogP contribution is -2.30. The standard InChI is InChI=1S/C17H28N2O3S/c1-5-7-8-14(6-2)12-19-17(20)16-11-15(10-9-13(16)3)23(21,22)18-4/h9-11,14,18H,5-8,12H2,1-4H3,(H,19,20)/t14-/m1/s1. The van der Waals surface area contributed by atoms with Crippen LogP contribution in [-0.4, -0.2) is 27.9 Å². The molecule has 6 heteroatoms. The number of carbonyl (C=O) groups is 1. The zero-order chi connectivity index (χ0) is 17.5. The minimum atomic E-state index is -3.55. The minimum Gasteiger partial charge on any atom is -0.352 e. The van der Waals surface area contributed by atoms with E-state index in [0.717, 1.165) is 31.2 Å². The number of carbonyl (C=O) groups excluding carboxylic acids is 1. The average Bonchev–Trinajstić information content (AvgIpc) is 2.55. The van der Waals surface area contributed by atoms with Crippen molar-refractivity contribution in [2.45, 2.75) is 51.3 Å². The largest absolute Gasteiger partial charge is 0.352 e. The van der Waals surface area contributed by atoms with Gasteiger partial charge in [-0.2, -0.15) is 0 Å². The van der Waals surface area contributed by atoms with E-state index in [-0.39, 0.29) is 10.8 Å². The third-order valence-electron chi connectivity index (χ3n) is 4.13. The lowest BCUT2D eigenvalue weighted by molar-refractivity contribution is 0.0945. The molecule has 1 rings (SSSR count). The summed E-state index contributed by atoms with van der Waals surface area (Å²) in [6.07, 6.45) is 4.42. The van der Waals surface area contributed by atoms with Gasteiger partial charge < -0.3 is 5.32 Å². The van der Waals surface area contributed by atoms with Crippen LogP contribution >= 0.6 is 0 Å². The minimum absolute atomic E-state index is 0.105. The summed E-state index contributed by atoms with van der Waals surface area (Å²) in [4.78, 5) is 12.5. The molecule has 0 aliphatic heterocycles. The predicted molar refractivity (Wildman–Crippen MR) is 93.1 cm³/mol. The molecule has 0 bridgehead atoms. The molecule has 0 saturated carbocycles. The fourth-order valence-corrected chi connectivity index (χ4v) is 3.16. The van der Waals surface area contributed by atoms with Crippen LogP contribution in [0.5, 0.6) is 0 Å². The van der Waals surface area contributed by atoms with Crippen LogP contribution in [0.3, 0.4) is 0 Å². The number of amides is 1. The number of aryl methyl sites for hydroxylation is 1. The summed E-state index contributed by atoms with van der Waals surface area (Å²) in [6.45, 7) is 6.71. The Labute approximate surface area is 139 Å². The monoisotopic (exact) mass is 340 g/mol. The van der Waals surface area contributed by atoms with Crippen molar-refractivity contribution in [2.24, 2.45) is 5.92 Å². The summed E-state index contributed by atoms with van der Waals surface area (Å²) >= 11 is 0. The van der Waals surface area contributed by atoms with Crippen molar-refractivity contribution in [2.75, 3.05) is 13.6 Å². The van der Waals surface area contributed by atoms with E-state index in [4.69, 9.17) is 0 Å². The zero-order valence-corrected chi connectivity index (χ0v) is 15.3. The molecule has 0 unspecified atom stereocenters. The molecule has 1 amide bonds. The molecule has 0 aromatic heterocycles. The van der Waals surface area contributed by atoms with Crippen molar-refractivity contribution in [1.29, 1.82) is 0 Å². The molecule has 23 heavy (non-hydrogen) atoms. The van der Waals surface area contributed by atoms with E-state index in [0.29, 0.717) is 18.0 Å². The Balaban J connectivity index is 2.85. The number of hydrogen-bond acceptors (Lipinski definition) is 3. The SMILES string of the molecule is CCCC[C@@H](CC)CNC(=O)c1cc(S(=O)(=O)NC)ccc1C. The highest BCUT2D eigenvalue weighted by Gasteiger charge is 2.17. The maximum Gasteiger partial charge on any atom is 0.251 e. The van der Waals surface area contributed by atoms with E-state index < -0.39 is 10.0 Å². The molecular formula is C17H28N2O3S. The maximum absolute atomic E-state index is 12.4. The first-order valence-corrected chi connectivity index (χ1v) is 9.66. The van der Waals surface area contributed by atoms with Gasteiger partial charge in [0, 0.05) is 12.1 Å². The van der Waals surface area contributed by atoms with Gasteiger partial charge in [0.2, 0.25) is 10.0 Å². The first kappa shape index (κ1) is 19.6. The van der Waals surface area contributed by atoms with Crippen molar-refractivity contribution >= 4 is 15.9 Å². The summed E-state index contributed by atoms with van der Waals surface area (Å²) in [7, 11) is -2.19. The number of unbranched alkanes of at least 4 members (excludes halogenated alkanes) is 1. The Kier molecular flexibility index (Phi) is 7.72. The Bertz CT molecular complexity index is 627. The lowest BCUT2D eigenvalue weighted by atomic mass is 9.99. The van der Waals surface area contributed by atoms with Gasteiger partial charge in [0.1, 0.15) is 0 Å². The van der Waals surface area contributed by atoms with Gasteiger partial charge in [0.25, 0.3) is 5.91 Å². The molecule has 0 aliphatic rings. The molecule has 2 N–H and O–H groups in total. The highest BCUT2D eigenvalue weighted by Crippen LogP contribution is 2.16. The van der Waals surface area contributed by atoms with Gasteiger partial charge in [-0.3, -0.25) is 4.79 Å². The number of benzene rings is 1. The van der Waals surface area contributed by atoms with Gasteiger partial charge in [-0.25, -0.2) is 13.1 Å². The van der Waals surface area contributed by atoms with Crippen molar-refractivity contribution < 1.29 is 13.2 Å². The Morgan fingerprint density at radius 1 is 1.26 bits per heavy atom. The van der Waals surface area contributed by atoms with Gasteiger partial charge in [-0.1, -0.05) is 39.2 Å². The zero-order valence-electron chi connectivity index (χ0n) is 14.5. The topological polar surface area (TPSA) is 75.3 Å². The van der Waals surface area contributed by atoms with E-state index >= 15 is 0 Å². The van der Waals surface area contributed by atoms with E-state index in [1.54, 1.807) is 13.0 Å². The number of sulfonamides is 1. The van der Waals surface area contributed by atoms with Gasteiger partial charge in [0.15, 0.2) is 0 Å². The smallest absolute Gasteiger partial charge is 0.251 e. The second-order valence-electron chi connectivity index (χ2n) is 5.81. The molecule has 1 aromatic carbocycles. The van der Waals surface area contributed by atoms with Crippen LogP contribution in [0.15, 0.2) is 23.1 Å². The van der Waals surface area contributed by atoms with E-state index in [1.165, 1.54) is 19.2 Å². The number of nitrogens with one attached hydrogen (secondary N) is 2. The summed E-state index contributed by atoms with van der Waals surface area (Å²) < 4.78 is 26.0. The van der Waals surface area contributed by atoms with Crippen molar-refractivity contribution in [3.8, 4) is 0 Å². The van der Waals surface area contributed by atoms with Crippen molar-refractivity contribution in [1.82, 2.24) is 10.0 Å². The molecule has 0 saturated heterocycles. The van der Waals surface area contributed by atoms with Crippen LogP contribution in [0.2, 0.25) is 0 Å². The van der Waals surface area contributed by atoms with E-state index in [9.17, 15) is 13.2 Å². The quantitative estimate of drug-likeness (QED) is 0.726. The lowest BCUT2D eigenvalue weighted by Gasteiger charge is -2.16. The van der Waals surface area contributed by atoms with Gasteiger partial charge in [-0.05, 0) is 44.0 Å². The summed E-state index contributed by atoms with van der Waals surface area (Å²) in [6, 6.07) is 4.60. The fourth-order valence-electron chi connectivity index (χ4n) is 2.41. The normalized spacial score (nSPS) is 12.9. The average molecular weight is 340 g/mol. The van der Waals surface area contributed by atoms with Crippen LogP contribution in [0, 0.1) is 12.8 Å². The molecule has 130 valence electrons. The van der Waals surface area contributed by atoms with Gasteiger partial charge in [-0.15, -0.1) is 0 Å². The van der Waals surface area contributed by atoms with Crippen molar-refractivity contribution in [3.63, 3.8) is 0 Å². The first-order chi connectivity index (χ1) is 10.9. The number of rotatable bonds is 9. The molecule has 1 atom stereocenters. The van der Waals surface area contributed by atoms with Gasteiger partial charge >= 0.3 is 0 Å². The molecule has 0 fully saturated rings. The molecule has 0 aliphatic carbocycles. The third kappa shape index (κ3) is 5.62. The van der Waals surface area contributed by atoms with E-state index in [2.05, 4.69) is 23.9 Å². The highest BCUT2D eigenvalue weighted by molar-refractivity contribution is 7.89. The fraction of sp³-hybridized carbons (Fsp3) is 0.588. The van der Waals surface area contributed by atoms with Crippen LogP contribution in [-0.2, 0) is 10.0 Å². The highest BCUT2D eigenvalue weighted by atomic mass is 32.2. The predicted octanol–water partition coefficient (Wildman–Crippen LogP) is 2.85. The molecule has 1 aromatic rings. The Hall–Kier alpha value is -1.40. The second-order valence-corrected chi connectivity index (χ2v) is 7.70.